The molecule has 1 aromatic heterocycles. The minimum atomic E-state index is -0.484. The number of rotatable bonds is 2. The Morgan fingerprint density at radius 1 is 1.58 bits per heavy atom. The van der Waals surface area contributed by atoms with Crippen LogP contribution in [-0.2, 0) is 4.74 Å². The summed E-state index contributed by atoms with van der Waals surface area (Å²) in [7, 11) is 0. The van der Waals surface area contributed by atoms with E-state index < -0.39 is 11.7 Å². The average molecular weight is 348 g/mol. The van der Waals surface area contributed by atoms with Gasteiger partial charge in [-0.05, 0) is 49.2 Å². The summed E-state index contributed by atoms with van der Waals surface area (Å²) in [5, 5.41) is 3.45. The molecular formula is C13H16BrClN2O2. The Labute approximate surface area is 126 Å². The predicted octanol–water partition coefficient (Wildman–Crippen LogP) is 3.88. The molecule has 0 spiro atoms. The lowest BCUT2D eigenvalue weighted by Crippen LogP contribution is -2.34. The van der Waals surface area contributed by atoms with Crippen LogP contribution in [-0.4, -0.2) is 22.7 Å². The molecule has 1 saturated carbocycles. The third-order valence-corrected chi connectivity index (χ3v) is 3.42. The summed E-state index contributed by atoms with van der Waals surface area (Å²) in [5.74, 6) is 0.174. The highest BCUT2D eigenvalue weighted by Gasteiger charge is 2.42. The van der Waals surface area contributed by atoms with E-state index in [-0.39, 0.29) is 12.0 Å². The van der Waals surface area contributed by atoms with E-state index in [9.17, 15) is 4.79 Å². The van der Waals surface area contributed by atoms with Gasteiger partial charge in [-0.1, -0.05) is 11.6 Å². The number of alkyl carbamates (subject to hydrolysis) is 1. The van der Waals surface area contributed by atoms with Gasteiger partial charge >= 0.3 is 6.09 Å². The molecule has 6 heteroatoms. The number of pyridine rings is 1. The molecule has 2 rings (SSSR count). The first-order chi connectivity index (χ1) is 8.76. The van der Waals surface area contributed by atoms with Crippen molar-refractivity contribution in [3.05, 3.63) is 27.5 Å². The summed E-state index contributed by atoms with van der Waals surface area (Å²) < 4.78 is 6.06. The monoisotopic (exact) mass is 346 g/mol. The van der Waals surface area contributed by atoms with Crippen LogP contribution in [0.3, 0.4) is 0 Å². The normalized spacial score (nSPS) is 21.9. The van der Waals surface area contributed by atoms with Crippen molar-refractivity contribution in [3.8, 4) is 0 Å². The second-order valence-corrected chi connectivity index (χ2v) is 6.94. The van der Waals surface area contributed by atoms with Gasteiger partial charge in [0.05, 0.1) is 10.7 Å². The number of carbonyl (C=O) groups excluding carboxylic acids is 1. The Kier molecular flexibility index (Phi) is 4.06. The van der Waals surface area contributed by atoms with Crippen molar-refractivity contribution in [3.63, 3.8) is 0 Å². The molecule has 104 valence electrons. The lowest BCUT2D eigenvalue weighted by atomic mass is 10.2. The SMILES string of the molecule is CC(C)(C)OC(=O)NC1CC1c1ncc(Br)cc1Cl. The van der Waals surface area contributed by atoms with Gasteiger partial charge in [0, 0.05) is 22.6 Å². The third-order valence-electron chi connectivity index (χ3n) is 2.68. The van der Waals surface area contributed by atoms with Gasteiger partial charge in [0.25, 0.3) is 0 Å². The molecule has 0 bridgehead atoms. The zero-order valence-corrected chi connectivity index (χ0v) is 13.4. The molecule has 0 aliphatic heterocycles. The molecule has 1 N–H and O–H groups in total. The van der Waals surface area contributed by atoms with Gasteiger partial charge < -0.3 is 10.1 Å². The molecule has 1 aliphatic carbocycles. The molecule has 19 heavy (non-hydrogen) atoms. The van der Waals surface area contributed by atoms with Crippen LogP contribution in [0.2, 0.25) is 5.02 Å². The standard InChI is InChI=1S/C13H16BrClN2O2/c1-13(2,3)19-12(18)17-10-5-8(10)11-9(15)4-7(14)6-16-11/h4,6,8,10H,5H2,1-3H3,(H,17,18). The molecule has 0 aromatic carbocycles. The fourth-order valence-electron chi connectivity index (χ4n) is 1.81. The fraction of sp³-hybridized carbons (Fsp3) is 0.538. The quantitative estimate of drug-likeness (QED) is 0.883. The van der Waals surface area contributed by atoms with Gasteiger partial charge in [-0.25, -0.2) is 4.79 Å². The number of aromatic nitrogens is 1. The fourth-order valence-corrected chi connectivity index (χ4v) is 2.58. The van der Waals surface area contributed by atoms with Crippen LogP contribution >= 0.6 is 27.5 Å². The zero-order valence-electron chi connectivity index (χ0n) is 11.0. The van der Waals surface area contributed by atoms with Crippen LogP contribution < -0.4 is 5.32 Å². The molecular weight excluding hydrogens is 332 g/mol. The molecule has 2 atom stereocenters. The Bertz CT molecular complexity index is 502. The second kappa shape index (κ2) is 5.29. The number of nitrogens with zero attached hydrogens (tertiary/aromatic N) is 1. The zero-order chi connectivity index (χ0) is 14.2. The average Bonchev–Trinajstić information content (AvgIpc) is 2.93. The van der Waals surface area contributed by atoms with Crippen molar-refractivity contribution >= 4 is 33.6 Å². The van der Waals surface area contributed by atoms with Crippen LogP contribution in [0.1, 0.15) is 38.8 Å². The van der Waals surface area contributed by atoms with E-state index in [1.807, 2.05) is 26.8 Å². The summed E-state index contributed by atoms with van der Waals surface area (Å²) in [5.41, 5.74) is 0.341. The maximum absolute atomic E-state index is 11.6. The molecule has 0 radical (unpaired) electrons. The van der Waals surface area contributed by atoms with Crippen LogP contribution in [0.15, 0.2) is 16.7 Å². The van der Waals surface area contributed by atoms with E-state index in [4.69, 9.17) is 16.3 Å². The molecule has 2 unspecified atom stereocenters. The minimum absolute atomic E-state index is 0.0565. The topological polar surface area (TPSA) is 51.2 Å². The van der Waals surface area contributed by atoms with Crippen LogP contribution in [0.5, 0.6) is 0 Å². The Morgan fingerprint density at radius 2 is 2.26 bits per heavy atom. The van der Waals surface area contributed by atoms with E-state index in [1.54, 1.807) is 6.20 Å². The maximum Gasteiger partial charge on any atom is 0.407 e. The lowest BCUT2D eigenvalue weighted by Gasteiger charge is -2.19. The van der Waals surface area contributed by atoms with Gasteiger partial charge in [-0.15, -0.1) is 0 Å². The maximum atomic E-state index is 11.6. The Balaban J connectivity index is 1.92. The molecule has 1 aromatic rings. The van der Waals surface area contributed by atoms with Crippen molar-refractivity contribution < 1.29 is 9.53 Å². The van der Waals surface area contributed by atoms with Gasteiger partial charge in [0.15, 0.2) is 0 Å². The summed E-state index contributed by atoms with van der Waals surface area (Å²) >= 11 is 9.45. The molecule has 1 fully saturated rings. The molecule has 1 aliphatic rings. The van der Waals surface area contributed by atoms with Crippen molar-refractivity contribution in [2.24, 2.45) is 0 Å². The molecule has 0 saturated heterocycles. The number of amides is 1. The summed E-state index contributed by atoms with van der Waals surface area (Å²) in [6, 6.07) is 1.87. The second-order valence-electron chi connectivity index (χ2n) is 5.62. The summed E-state index contributed by atoms with van der Waals surface area (Å²) in [6.45, 7) is 5.51. The van der Waals surface area contributed by atoms with Crippen LogP contribution in [0.4, 0.5) is 4.79 Å². The summed E-state index contributed by atoms with van der Waals surface area (Å²) in [4.78, 5) is 15.9. The predicted molar refractivity (Wildman–Crippen MR) is 77.5 cm³/mol. The van der Waals surface area contributed by atoms with E-state index in [2.05, 4.69) is 26.2 Å². The van der Waals surface area contributed by atoms with E-state index in [1.165, 1.54) is 0 Å². The van der Waals surface area contributed by atoms with E-state index in [0.29, 0.717) is 5.02 Å². The Hall–Kier alpha value is -0.810. The first-order valence-corrected chi connectivity index (χ1v) is 7.24. The lowest BCUT2D eigenvalue weighted by molar-refractivity contribution is 0.0523. The number of hydrogen-bond acceptors (Lipinski definition) is 3. The van der Waals surface area contributed by atoms with Crippen LogP contribution in [0.25, 0.3) is 0 Å². The van der Waals surface area contributed by atoms with Gasteiger partial charge in [0.1, 0.15) is 5.60 Å². The first-order valence-electron chi connectivity index (χ1n) is 6.07. The van der Waals surface area contributed by atoms with E-state index in [0.717, 1.165) is 16.6 Å². The number of ether oxygens (including phenoxy) is 1. The summed E-state index contributed by atoms with van der Waals surface area (Å²) in [6.07, 6.45) is 2.16. The molecule has 4 nitrogen and oxygen atoms in total. The van der Waals surface area contributed by atoms with Gasteiger partial charge in [0.2, 0.25) is 0 Å². The van der Waals surface area contributed by atoms with Gasteiger partial charge in [-0.3, -0.25) is 4.98 Å². The minimum Gasteiger partial charge on any atom is -0.444 e. The van der Waals surface area contributed by atoms with Gasteiger partial charge in [-0.2, -0.15) is 0 Å². The number of carbonyl (C=O) groups is 1. The van der Waals surface area contributed by atoms with Crippen molar-refractivity contribution in [1.29, 1.82) is 0 Å². The smallest absolute Gasteiger partial charge is 0.407 e. The van der Waals surface area contributed by atoms with E-state index >= 15 is 0 Å². The number of hydrogen-bond donors (Lipinski definition) is 1. The highest BCUT2D eigenvalue weighted by molar-refractivity contribution is 9.10. The number of nitrogens with one attached hydrogen (secondary N) is 1. The highest BCUT2D eigenvalue weighted by Crippen LogP contribution is 2.43. The molecule has 1 heterocycles. The van der Waals surface area contributed by atoms with Crippen molar-refractivity contribution in [2.45, 2.75) is 44.8 Å². The molecule has 1 amide bonds. The Morgan fingerprint density at radius 3 is 2.84 bits per heavy atom. The number of halogens is 2. The highest BCUT2D eigenvalue weighted by atomic mass is 79.9. The first kappa shape index (κ1) is 14.6. The van der Waals surface area contributed by atoms with Crippen LogP contribution in [0, 0.1) is 0 Å². The third kappa shape index (κ3) is 4.08. The largest absolute Gasteiger partial charge is 0.444 e. The van der Waals surface area contributed by atoms with Crippen molar-refractivity contribution in [1.82, 2.24) is 10.3 Å². The van der Waals surface area contributed by atoms with Crippen molar-refractivity contribution in [2.75, 3.05) is 0 Å².